The molecule has 0 radical (unpaired) electrons. The number of aromatic nitrogens is 1. The predicted molar refractivity (Wildman–Crippen MR) is 108 cm³/mol. The molecule has 0 saturated heterocycles. The van der Waals surface area contributed by atoms with Gasteiger partial charge in [-0.1, -0.05) is 18.2 Å². The topological polar surface area (TPSA) is 68.3 Å². The smallest absolute Gasteiger partial charge is 0.339 e. The summed E-state index contributed by atoms with van der Waals surface area (Å²) in [7, 11) is 0. The molecule has 0 atom stereocenters. The second-order valence-electron chi connectivity index (χ2n) is 5.85. The number of aryl methyl sites for hydroxylation is 1. The molecule has 0 aliphatic heterocycles. The van der Waals surface area contributed by atoms with Crippen molar-refractivity contribution in [1.82, 2.24) is 4.98 Å². The highest BCUT2D eigenvalue weighted by Crippen LogP contribution is 2.26. The van der Waals surface area contributed by atoms with Gasteiger partial charge in [-0.3, -0.25) is 4.79 Å². The van der Waals surface area contributed by atoms with Gasteiger partial charge in [-0.2, -0.15) is 0 Å². The lowest BCUT2D eigenvalue weighted by atomic mass is 10.2. The lowest BCUT2D eigenvalue weighted by molar-refractivity contribution is -0.119. The van der Waals surface area contributed by atoms with E-state index in [2.05, 4.69) is 10.3 Å². The average Bonchev–Trinajstić information content (AvgIpc) is 3.21. The third kappa shape index (κ3) is 5.40. The number of esters is 1. The molecule has 1 N–H and O–H groups in total. The number of ether oxygens (including phenoxy) is 1. The van der Waals surface area contributed by atoms with Crippen molar-refractivity contribution >= 4 is 40.7 Å². The van der Waals surface area contributed by atoms with Crippen LogP contribution in [0.5, 0.6) is 0 Å². The minimum atomic E-state index is -0.591. The molecule has 3 aromatic rings. The van der Waals surface area contributed by atoms with E-state index in [1.807, 2.05) is 17.5 Å². The van der Waals surface area contributed by atoms with Crippen LogP contribution in [0.1, 0.15) is 21.6 Å². The number of thiazole rings is 1. The SMILES string of the molecule is Cc1ccc(NC(=O)COC(=O)c2ccccc2SCc2cscn2)cc1F. The Morgan fingerprint density at radius 1 is 1.25 bits per heavy atom. The van der Waals surface area contributed by atoms with E-state index >= 15 is 0 Å². The zero-order chi connectivity index (χ0) is 19.9. The van der Waals surface area contributed by atoms with Crippen LogP contribution in [0.25, 0.3) is 0 Å². The fraction of sp³-hybridized carbons (Fsp3) is 0.150. The van der Waals surface area contributed by atoms with Gasteiger partial charge in [0.05, 0.1) is 16.8 Å². The molecule has 0 aliphatic rings. The summed E-state index contributed by atoms with van der Waals surface area (Å²) >= 11 is 2.99. The highest BCUT2D eigenvalue weighted by Gasteiger charge is 2.15. The summed E-state index contributed by atoms with van der Waals surface area (Å²) in [6.07, 6.45) is 0. The van der Waals surface area contributed by atoms with Crippen molar-refractivity contribution in [1.29, 1.82) is 0 Å². The number of thioether (sulfide) groups is 1. The predicted octanol–water partition coefficient (Wildman–Crippen LogP) is 4.68. The number of hydrogen-bond acceptors (Lipinski definition) is 6. The van der Waals surface area contributed by atoms with Gasteiger partial charge in [0, 0.05) is 21.7 Å². The maximum atomic E-state index is 13.5. The van der Waals surface area contributed by atoms with E-state index in [-0.39, 0.29) is 0 Å². The van der Waals surface area contributed by atoms with Gasteiger partial charge < -0.3 is 10.1 Å². The van der Waals surface area contributed by atoms with Gasteiger partial charge in [0.25, 0.3) is 5.91 Å². The van der Waals surface area contributed by atoms with Crippen LogP contribution in [0.2, 0.25) is 0 Å². The van der Waals surface area contributed by atoms with Crippen LogP contribution in [0.15, 0.2) is 58.3 Å². The summed E-state index contributed by atoms with van der Waals surface area (Å²) in [6.45, 7) is 1.17. The largest absolute Gasteiger partial charge is 0.452 e. The highest BCUT2D eigenvalue weighted by molar-refractivity contribution is 7.98. The Labute approximate surface area is 170 Å². The standard InChI is InChI=1S/C20H17FN2O3S2/c1-13-6-7-14(8-17(13)21)23-19(24)9-26-20(25)16-4-2-3-5-18(16)28-11-15-10-27-12-22-15/h2-8,10,12H,9,11H2,1H3,(H,23,24). The lowest BCUT2D eigenvalue weighted by Gasteiger charge is -2.10. The molecule has 0 unspecified atom stereocenters. The zero-order valence-electron chi connectivity index (χ0n) is 15.0. The van der Waals surface area contributed by atoms with Crippen LogP contribution in [-0.4, -0.2) is 23.5 Å². The third-order valence-electron chi connectivity index (χ3n) is 3.76. The zero-order valence-corrected chi connectivity index (χ0v) is 16.6. The summed E-state index contributed by atoms with van der Waals surface area (Å²) in [5, 5.41) is 4.46. The lowest BCUT2D eigenvalue weighted by Crippen LogP contribution is -2.21. The maximum absolute atomic E-state index is 13.5. The average molecular weight is 416 g/mol. The van der Waals surface area contributed by atoms with Crippen molar-refractivity contribution in [3.63, 3.8) is 0 Å². The molecule has 1 heterocycles. The third-order valence-corrected chi connectivity index (χ3v) is 5.50. The number of benzene rings is 2. The molecule has 0 spiro atoms. The number of hydrogen-bond donors (Lipinski definition) is 1. The molecule has 3 rings (SSSR count). The monoisotopic (exact) mass is 416 g/mol. The molecule has 28 heavy (non-hydrogen) atoms. The number of carbonyl (C=O) groups excluding carboxylic acids is 2. The molecular weight excluding hydrogens is 399 g/mol. The van der Waals surface area contributed by atoms with E-state index in [4.69, 9.17) is 4.74 Å². The number of carbonyl (C=O) groups is 2. The first-order valence-electron chi connectivity index (χ1n) is 8.35. The van der Waals surface area contributed by atoms with E-state index in [9.17, 15) is 14.0 Å². The van der Waals surface area contributed by atoms with Gasteiger partial charge in [0.2, 0.25) is 0 Å². The normalized spacial score (nSPS) is 10.5. The second-order valence-corrected chi connectivity index (χ2v) is 7.59. The van der Waals surface area contributed by atoms with E-state index < -0.39 is 24.3 Å². The number of halogens is 1. The molecule has 1 aromatic heterocycles. The van der Waals surface area contributed by atoms with Crippen LogP contribution >= 0.6 is 23.1 Å². The Hall–Kier alpha value is -2.71. The summed E-state index contributed by atoms with van der Waals surface area (Å²) in [5.74, 6) is -0.913. The van der Waals surface area contributed by atoms with Crippen molar-refractivity contribution in [3.8, 4) is 0 Å². The van der Waals surface area contributed by atoms with E-state index in [1.54, 1.807) is 36.7 Å². The Bertz CT molecular complexity index is 977. The number of anilines is 1. The molecule has 1 amide bonds. The van der Waals surface area contributed by atoms with Crippen molar-refractivity contribution < 1.29 is 18.7 Å². The molecule has 0 saturated carbocycles. The minimum Gasteiger partial charge on any atom is -0.452 e. The van der Waals surface area contributed by atoms with Crippen molar-refractivity contribution in [3.05, 3.63) is 76.0 Å². The first-order valence-corrected chi connectivity index (χ1v) is 10.3. The summed E-state index contributed by atoms with van der Waals surface area (Å²) in [4.78, 5) is 29.4. The van der Waals surface area contributed by atoms with Crippen molar-refractivity contribution in [2.24, 2.45) is 0 Å². The van der Waals surface area contributed by atoms with Crippen LogP contribution in [-0.2, 0) is 15.3 Å². The highest BCUT2D eigenvalue weighted by atomic mass is 32.2. The number of rotatable bonds is 7. The molecular formula is C20H17FN2O3S2. The molecule has 8 heteroatoms. The van der Waals surface area contributed by atoms with Crippen molar-refractivity contribution in [2.75, 3.05) is 11.9 Å². The Morgan fingerprint density at radius 3 is 2.82 bits per heavy atom. The number of amides is 1. The fourth-order valence-electron chi connectivity index (χ4n) is 2.30. The molecule has 0 aliphatic carbocycles. The van der Waals surface area contributed by atoms with Crippen molar-refractivity contribution in [2.45, 2.75) is 17.6 Å². The Kier molecular flexibility index (Phi) is 6.78. The fourth-order valence-corrected chi connectivity index (χ4v) is 3.90. The number of nitrogens with one attached hydrogen (secondary N) is 1. The quantitative estimate of drug-likeness (QED) is 0.447. The first kappa shape index (κ1) is 20.0. The van der Waals surface area contributed by atoms with Crippen LogP contribution in [0.4, 0.5) is 10.1 Å². The van der Waals surface area contributed by atoms with Gasteiger partial charge >= 0.3 is 5.97 Å². The first-order chi connectivity index (χ1) is 13.5. The minimum absolute atomic E-state index is 0.309. The maximum Gasteiger partial charge on any atom is 0.339 e. The van der Waals surface area contributed by atoms with Crippen LogP contribution < -0.4 is 5.32 Å². The van der Waals surface area contributed by atoms with Gasteiger partial charge in [0.1, 0.15) is 5.82 Å². The molecule has 0 fully saturated rings. The summed E-state index contributed by atoms with van der Waals surface area (Å²) < 4.78 is 18.7. The molecule has 2 aromatic carbocycles. The van der Waals surface area contributed by atoms with E-state index in [0.717, 1.165) is 10.6 Å². The Morgan fingerprint density at radius 2 is 2.07 bits per heavy atom. The second kappa shape index (κ2) is 9.48. The number of nitrogens with zero attached hydrogens (tertiary/aromatic N) is 1. The summed E-state index contributed by atoms with van der Waals surface area (Å²) in [5.41, 5.74) is 3.87. The van der Waals surface area contributed by atoms with E-state index in [1.165, 1.54) is 29.2 Å². The van der Waals surface area contributed by atoms with Gasteiger partial charge in [-0.25, -0.2) is 14.2 Å². The Balaban J connectivity index is 1.57. The summed E-state index contributed by atoms with van der Waals surface area (Å²) in [6, 6.07) is 11.4. The molecule has 0 bridgehead atoms. The van der Waals surface area contributed by atoms with Gasteiger partial charge in [0.15, 0.2) is 6.61 Å². The van der Waals surface area contributed by atoms with Gasteiger partial charge in [-0.15, -0.1) is 23.1 Å². The van der Waals surface area contributed by atoms with E-state index in [0.29, 0.717) is 22.6 Å². The molecule has 5 nitrogen and oxygen atoms in total. The van der Waals surface area contributed by atoms with Crippen LogP contribution in [0, 0.1) is 12.7 Å². The van der Waals surface area contributed by atoms with Gasteiger partial charge in [-0.05, 0) is 36.8 Å². The molecule has 144 valence electrons. The van der Waals surface area contributed by atoms with Crippen LogP contribution in [0.3, 0.4) is 0 Å².